The van der Waals surface area contributed by atoms with Crippen molar-refractivity contribution in [1.29, 1.82) is 0 Å². The summed E-state index contributed by atoms with van der Waals surface area (Å²) in [4.78, 5) is 0. The quantitative estimate of drug-likeness (QED) is 0.829. The van der Waals surface area contributed by atoms with Crippen LogP contribution in [0.15, 0.2) is 30.3 Å². The predicted octanol–water partition coefficient (Wildman–Crippen LogP) is 2.36. The molecule has 7 heteroatoms. The van der Waals surface area contributed by atoms with E-state index in [0.29, 0.717) is 4.31 Å². The number of rotatable bonds is 3. The Morgan fingerprint density at radius 2 is 1.69 bits per heavy atom. The Hall–Kier alpha value is -1.24. The minimum Gasteiger partial charge on any atom is -0.263 e. The highest BCUT2D eigenvalue weighted by Gasteiger charge is 2.49. The summed E-state index contributed by atoms with van der Waals surface area (Å²) in [5, 5.41) is 0. The van der Waals surface area contributed by atoms with Gasteiger partial charge in [-0.15, -0.1) is 0 Å². The van der Waals surface area contributed by atoms with Crippen LogP contribution in [0.3, 0.4) is 0 Å². The molecule has 1 rings (SSSR count). The molecule has 0 N–H and O–H groups in total. The number of nitrogens with zero attached hydrogens (tertiary/aromatic N) is 1. The first-order valence-corrected chi connectivity index (χ1v) is 5.88. The molecule has 16 heavy (non-hydrogen) atoms. The zero-order valence-electron chi connectivity index (χ0n) is 8.40. The molecule has 1 aromatic rings. The molecule has 0 aliphatic rings. The summed E-state index contributed by atoms with van der Waals surface area (Å²) in [6.07, 6.45) is 0. The molecule has 0 saturated carbocycles. The maximum atomic E-state index is 12.3. The fourth-order valence-electron chi connectivity index (χ4n) is 1.21. The fraction of sp³-hybridized carbons (Fsp3) is 0.333. The van der Waals surface area contributed by atoms with Crippen molar-refractivity contribution in [2.24, 2.45) is 0 Å². The van der Waals surface area contributed by atoms with E-state index in [4.69, 9.17) is 0 Å². The summed E-state index contributed by atoms with van der Waals surface area (Å²) in [7, 11) is -5.31. The summed E-state index contributed by atoms with van der Waals surface area (Å²) in [6, 6.07) is 7.17. The Balaban J connectivity index is 3.20. The molecule has 0 aromatic heterocycles. The lowest BCUT2D eigenvalue weighted by molar-refractivity contribution is -0.0438. The van der Waals surface area contributed by atoms with E-state index in [0.717, 1.165) is 0 Å². The summed E-state index contributed by atoms with van der Waals surface area (Å²) in [5.41, 5.74) is -5.28. The number of benzene rings is 1. The van der Waals surface area contributed by atoms with Gasteiger partial charge in [-0.3, -0.25) is 4.31 Å². The van der Waals surface area contributed by atoms with Gasteiger partial charge in [0.2, 0.25) is 0 Å². The molecular weight excluding hydrogens is 243 g/mol. The van der Waals surface area contributed by atoms with Gasteiger partial charge >= 0.3 is 15.5 Å². The molecule has 0 radical (unpaired) electrons. The van der Waals surface area contributed by atoms with Crippen LogP contribution in [0, 0.1) is 0 Å². The first kappa shape index (κ1) is 12.8. The highest BCUT2D eigenvalue weighted by atomic mass is 32.2. The SMILES string of the molecule is CCN(c1ccccc1)S(=O)(=O)C(F)(F)F. The number of alkyl halides is 3. The smallest absolute Gasteiger partial charge is 0.263 e. The molecule has 3 nitrogen and oxygen atoms in total. The molecule has 0 aliphatic carbocycles. The van der Waals surface area contributed by atoms with Gasteiger partial charge in [0.25, 0.3) is 0 Å². The van der Waals surface area contributed by atoms with Crippen LogP contribution in [0.2, 0.25) is 0 Å². The average molecular weight is 253 g/mol. The summed E-state index contributed by atoms with van der Waals surface area (Å²) < 4.78 is 59.7. The molecule has 90 valence electrons. The van der Waals surface area contributed by atoms with Crippen molar-refractivity contribution >= 4 is 15.7 Å². The maximum Gasteiger partial charge on any atom is 0.516 e. The second-order valence-corrected chi connectivity index (χ2v) is 4.80. The van der Waals surface area contributed by atoms with Crippen molar-refractivity contribution in [2.45, 2.75) is 12.4 Å². The molecule has 0 unspecified atom stereocenters. The van der Waals surface area contributed by atoms with Gasteiger partial charge in [0, 0.05) is 6.54 Å². The van der Waals surface area contributed by atoms with E-state index in [1.54, 1.807) is 6.07 Å². The van der Waals surface area contributed by atoms with Gasteiger partial charge in [-0.05, 0) is 19.1 Å². The van der Waals surface area contributed by atoms with E-state index in [1.165, 1.54) is 31.2 Å². The van der Waals surface area contributed by atoms with E-state index < -0.39 is 15.5 Å². The van der Waals surface area contributed by atoms with Crippen LogP contribution in [-0.4, -0.2) is 20.5 Å². The normalized spacial score (nSPS) is 12.5. The van der Waals surface area contributed by atoms with Crippen molar-refractivity contribution in [2.75, 3.05) is 10.8 Å². The molecular formula is C9H10F3NO2S. The van der Waals surface area contributed by atoms with Crippen LogP contribution < -0.4 is 4.31 Å². The molecule has 1 aromatic carbocycles. The van der Waals surface area contributed by atoms with Crippen molar-refractivity contribution in [3.05, 3.63) is 30.3 Å². The third-order valence-corrected chi connectivity index (χ3v) is 3.55. The first-order valence-electron chi connectivity index (χ1n) is 4.44. The molecule has 0 amide bonds. The van der Waals surface area contributed by atoms with E-state index in [-0.39, 0.29) is 12.2 Å². The lowest BCUT2D eigenvalue weighted by Gasteiger charge is -2.23. The Morgan fingerprint density at radius 3 is 2.06 bits per heavy atom. The van der Waals surface area contributed by atoms with Crippen molar-refractivity contribution in [3.8, 4) is 0 Å². The van der Waals surface area contributed by atoms with Gasteiger partial charge in [0.15, 0.2) is 0 Å². The van der Waals surface area contributed by atoms with Gasteiger partial charge in [0.1, 0.15) is 0 Å². The minimum absolute atomic E-state index is 0.00215. The van der Waals surface area contributed by atoms with Gasteiger partial charge in [0.05, 0.1) is 5.69 Å². The number of anilines is 1. The van der Waals surface area contributed by atoms with Crippen LogP contribution in [0.4, 0.5) is 18.9 Å². The molecule has 0 atom stereocenters. The van der Waals surface area contributed by atoms with Gasteiger partial charge in [-0.25, -0.2) is 0 Å². The monoisotopic (exact) mass is 253 g/mol. The zero-order valence-corrected chi connectivity index (χ0v) is 9.22. The molecule has 0 heterocycles. The van der Waals surface area contributed by atoms with Crippen LogP contribution in [0.25, 0.3) is 0 Å². The van der Waals surface area contributed by atoms with E-state index >= 15 is 0 Å². The topological polar surface area (TPSA) is 37.4 Å². The van der Waals surface area contributed by atoms with Crippen molar-refractivity contribution < 1.29 is 21.6 Å². The Kier molecular flexibility index (Phi) is 3.47. The molecule has 0 bridgehead atoms. The largest absolute Gasteiger partial charge is 0.516 e. The van der Waals surface area contributed by atoms with Crippen LogP contribution in [-0.2, 0) is 10.0 Å². The summed E-state index contributed by atoms with van der Waals surface area (Å²) in [6.45, 7) is 1.07. The number of hydrogen-bond donors (Lipinski definition) is 0. The highest BCUT2D eigenvalue weighted by molar-refractivity contribution is 7.93. The molecule has 0 fully saturated rings. The Labute approximate surface area is 91.5 Å². The van der Waals surface area contributed by atoms with Gasteiger partial charge < -0.3 is 0 Å². The zero-order chi connectivity index (χ0) is 12.4. The summed E-state index contributed by atoms with van der Waals surface area (Å²) in [5.74, 6) is 0. The molecule has 0 aliphatic heterocycles. The van der Waals surface area contributed by atoms with E-state index in [9.17, 15) is 21.6 Å². The van der Waals surface area contributed by atoms with E-state index in [1.807, 2.05) is 0 Å². The first-order chi connectivity index (χ1) is 7.30. The third kappa shape index (κ3) is 2.29. The second-order valence-electron chi connectivity index (χ2n) is 2.95. The molecule has 0 saturated heterocycles. The predicted molar refractivity (Wildman–Crippen MR) is 54.4 cm³/mol. The van der Waals surface area contributed by atoms with Gasteiger partial charge in [-0.2, -0.15) is 21.6 Å². The van der Waals surface area contributed by atoms with E-state index in [2.05, 4.69) is 0 Å². The van der Waals surface area contributed by atoms with Crippen molar-refractivity contribution in [3.63, 3.8) is 0 Å². The number of sulfonamides is 1. The van der Waals surface area contributed by atoms with Crippen molar-refractivity contribution in [1.82, 2.24) is 0 Å². The standard InChI is InChI=1S/C9H10F3NO2S/c1-2-13(8-6-4-3-5-7-8)16(14,15)9(10,11)12/h3-7H,2H2,1H3. The maximum absolute atomic E-state index is 12.3. The molecule has 0 spiro atoms. The summed E-state index contributed by atoms with van der Waals surface area (Å²) >= 11 is 0. The minimum atomic E-state index is -5.31. The van der Waals surface area contributed by atoms with Crippen LogP contribution in [0.5, 0.6) is 0 Å². The lowest BCUT2D eigenvalue weighted by Crippen LogP contribution is -2.40. The highest BCUT2D eigenvalue weighted by Crippen LogP contribution is 2.30. The fourth-order valence-corrected chi connectivity index (χ4v) is 2.20. The average Bonchev–Trinajstić information content (AvgIpc) is 2.18. The van der Waals surface area contributed by atoms with Crippen LogP contribution >= 0.6 is 0 Å². The third-order valence-electron chi connectivity index (χ3n) is 1.91. The second kappa shape index (κ2) is 4.32. The van der Waals surface area contributed by atoms with Crippen LogP contribution in [0.1, 0.15) is 6.92 Å². The van der Waals surface area contributed by atoms with Gasteiger partial charge in [-0.1, -0.05) is 18.2 Å². The number of para-hydroxylation sites is 1. The Bertz CT molecular complexity index is 442. The number of hydrogen-bond acceptors (Lipinski definition) is 2. The lowest BCUT2D eigenvalue weighted by atomic mass is 10.3. The Morgan fingerprint density at radius 1 is 1.19 bits per heavy atom. The number of halogens is 3.